The number of likely N-dealkylation sites (N-methyl/N-ethyl adjacent to an activating group) is 1. The minimum absolute atomic E-state index is 0.169. The van der Waals surface area contributed by atoms with Gasteiger partial charge < -0.3 is 24.1 Å². The molecule has 0 amide bonds. The third kappa shape index (κ3) is 3.62. The van der Waals surface area contributed by atoms with E-state index in [0.29, 0.717) is 29.3 Å². The van der Waals surface area contributed by atoms with Gasteiger partial charge in [0.2, 0.25) is 12.5 Å². The Morgan fingerprint density at radius 1 is 1.03 bits per heavy atom. The minimum Gasteiger partial charge on any atom is -0.497 e. The number of methoxy groups -OCH3 is 2. The summed E-state index contributed by atoms with van der Waals surface area (Å²) in [6.07, 6.45) is 7.03. The van der Waals surface area contributed by atoms with E-state index in [-0.39, 0.29) is 18.2 Å². The fraction of sp³-hybridized carbons (Fsp3) is 0.576. The Bertz CT molecular complexity index is 1380. The quantitative estimate of drug-likeness (QED) is 0.536. The number of benzene rings is 2. The van der Waals surface area contributed by atoms with Crippen LogP contribution in [-0.2, 0) is 12.8 Å². The van der Waals surface area contributed by atoms with Gasteiger partial charge in [-0.05, 0) is 105 Å². The van der Waals surface area contributed by atoms with Gasteiger partial charge in [-0.1, -0.05) is 24.8 Å². The summed E-state index contributed by atoms with van der Waals surface area (Å²) in [4.78, 5) is 2.27. The lowest BCUT2D eigenvalue weighted by molar-refractivity contribution is -0.0649. The largest absolute Gasteiger partial charge is 0.497 e. The van der Waals surface area contributed by atoms with E-state index in [1.54, 1.807) is 14.2 Å². The lowest BCUT2D eigenvalue weighted by Crippen LogP contribution is -2.50. The molecule has 1 N–H and O–H groups in total. The van der Waals surface area contributed by atoms with Crippen molar-refractivity contribution in [2.45, 2.75) is 69.4 Å². The molecule has 2 heterocycles. The Kier molecular flexibility index (Phi) is 5.84. The second kappa shape index (κ2) is 9.08. The van der Waals surface area contributed by atoms with E-state index in [0.717, 1.165) is 62.1 Å². The highest BCUT2D eigenvalue weighted by atomic mass is 16.7. The topological polar surface area (TPSA) is 60.4 Å². The SMILES string of the molecule is COc1ccc2c(c1)CC[C@H]1[C@@H]2CC[C@@]2(C)[C@H]1CC[C@]2(O)C#C[C@H]1c2c(cc3c(c2OC)OCO3)CCN1C. The summed E-state index contributed by atoms with van der Waals surface area (Å²) in [5.41, 5.74) is 3.98. The van der Waals surface area contributed by atoms with Gasteiger partial charge in [0.15, 0.2) is 11.5 Å². The molecule has 0 spiro atoms. The number of hydrogen-bond donors (Lipinski definition) is 1. The number of rotatable bonds is 2. The molecule has 2 aromatic rings. The van der Waals surface area contributed by atoms with Gasteiger partial charge in [-0.3, -0.25) is 4.90 Å². The lowest BCUT2D eigenvalue weighted by Gasteiger charge is -2.52. The summed E-state index contributed by atoms with van der Waals surface area (Å²) >= 11 is 0. The van der Waals surface area contributed by atoms with Crippen molar-refractivity contribution in [1.29, 1.82) is 0 Å². The average molecular weight is 530 g/mol. The molecule has 7 rings (SSSR count). The number of nitrogens with zero attached hydrogens (tertiary/aromatic N) is 1. The zero-order valence-electron chi connectivity index (χ0n) is 23.5. The van der Waals surface area contributed by atoms with Crippen molar-refractivity contribution in [2.24, 2.45) is 17.3 Å². The van der Waals surface area contributed by atoms with Crippen molar-refractivity contribution in [2.75, 3.05) is 34.6 Å². The van der Waals surface area contributed by atoms with Gasteiger partial charge in [0, 0.05) is 17.5 Å². The summed E-state index contributed by atoms with van der Waals surface area (Å²) in [6, 6.07) is 8.56. The van der Waals surface area contributed by atoms with E-state index in [1.807, 2.05) is 0 Å². The van der Waals surface area contributed by atoms with Gasteiger partial charge in [0.25, 0.3) is 0 Å². The Labute approximate surface area is 231 Å². The highest BCUT2D eigenvalue weighted by Crippen LogP contribution is 2.64. The van der Waals surface area contributed by atoms with Crippen molar-refractivity contribution in [1.82, 2.24) is 4.90 Å². The van der Waals surface area contributed by atoms with E-state index in [2.05, 4.69) is 55.0 Å². The van der Waals surface area contributed by atoms with Gasteiger partial charge in [-0.2, -0.15) is 0 Å². The predicted octanol–water partition coefficient (Wildman–Crippen LogP) is 5.25. The van der Waals surface area contributed by atoms with Crippen LogP contribution in [0.15, 0.2) is 24.3 Å². The second-order valence-corrected chi connectivity index (χ2v) is 12.5. The van der Waals surface area contributed by atoms with E-state index in [1.165, 1.54) is 23.1 Å². The molecule has 5 aliphatic rings. The Morgan fingerprint density at radius 2 is 1.90 bits per heavy atom. The number of aliphatic hydroxyl groups is 1. The Morgan fingerprint density at radius 3 is 2.72 bits per heavy atom. The van der Waals surface area contributed by atoms with E-state index in [4.69, 9.17) is 18.9 Å². The number of aryl methyl sites for hydroxylation is 1. The highest BCUT2D eigenvalue weighted by Gasteiger charge is 2.61. The minimum atomic E-state index is -0.995. The molecule has 2 fully saturated rings. The molecule has 6 atom stereocenters. The molecular formula is C33H39NO5. The van der Waals surface area contributed by atoms with Crippen molar-refractivity contribution < 1.29 is 24.1 Å². The maximum atomic E-state index is 12.3. The molecular weight excluding hydrogens is 490 g/mol. The third-order valence-electron chi connectivity index (χ3n) is 10.9. The zero-order valence-corrected chi connectivity index (χ0v) is 23.5. The molecule has 0 saturated heterocycles. The summed E-state index contributed by atoms with van der Waals surface area (Å²) < 4.78 is 22.8. The van der Waals surface area contributed by atoms with E-state index < -0.39 is 5.60 Å². The van der Waals surface area contributed by atoms with Gasteiger partial charge in [-0.15, -0.1) is 0 Å². The molecule has 206 valence electrons. The molecule has 0 radical (unpaired) electrons. The maximum absolute atomic E-state index is 12.3. The van der Waals surface area contributed by atoms with Crippen molar-refractivity contribution >= 4 is 0 Å². The van der Waals surface area contributed by atoms with Gasteiger partial charge in [-0.25, -0.2) is 0 Å². The first-order valence-electron chi connectivity index (χ1n) is 14.5. The standard InChI is InChI=1S/C33H39NO5/c1-32-13-9-24-23-8-6-22(36-3)17-20(23)5-7-25(24)26(32)10-14-33(32,35)15-11-27-29-21(12-16-34(27)2)18-28-30(31(29)37-4)39-19-38-28/h6,8,17-18,24-27,35H,5,7,9-10,12-14,16,19H2,1-4H3/t24-,25+,26+,27+,32+,33+/m1/s1. The van der Waals surface area contributed by atoms with Crippen LogP contribution in [0.3, 0.4) is 0 Å². The monoisotopic (exact) mass is 529 g/mol. The second-order valence-electron chi connectivity index (χ2n) is 12.5. The van der Waals surface area contributed by atoms with Crippen molar-refractivity contribution in [3.05, 3.63) is 46.5 Å². The van der Waals surface area contributed by atoms with Crippen LogP contribution < -0.4 is 18.9 Å². The molecule has 2 saturated carbocycles. The molecule has 0 unspecified atom stereocenters. The predicted molar refractivity (Wildman–Crippen MR) is 149 cm³/mol. The number of hydrogen-bond acceptors (Lipinski definition) is 6. The molecule has 6 heteroatoms. The average Bonchev–Trinajstić information content (AvgIpc) is 3.52. The van der Waals surface area contributed by atoms with E-state index in [9.17, 15) is 5.11 Å². The Hall–Kier alpha value is -2.88. The van der Waals surface area contributed by atoms with Crippen LogP contribution >= 0.6 is 0 Å². The molecule has 3 aliphatic carbocycles. The zero-order chi connectivity index (χ0) is 26.9. The van der Waals surface area contributed by atoms with Crippen LogP contribution in [0, 0.1) is 29.1 Å². The lowest BCUT2D eigenvalue weighted by atomic mass is 9.53. The van der Waals surface area contributed by atoms with Crippen molar-refractivity contribution in [3.8, 4) is 34.8 Å². The van der Waals surface area contributed by atoms with Gasteiger partial charge in [0.05, 0.1) is 14.2 Å². The first-order valence-corrected chi connectivity index (χ1v) is 14.5. The molecule has 0 aromatic heterocycles. The van der Waals surface area contributed by atoms with Crippen LogP contribution in [0.5, 0.6) is 23.0 Å². The van der Waals surface area contributed by atoms with Crippen molar-refractivity contribution in [3.63, 3.8) is 0 Å². The van der Waals surface area contributed by atoms with Crippen LogP contribution in [0.25, 0.3) is 0 Å². The normalized spacial score (nSPS) is 34.2. The maximum Gasteiger partial charge on any atom is 0.231 e. The molecule has 39 heavy (non-hydrogen) atoms. The summed E-state index contributed by atoms with van der Waals surface area (Å²) in [7, 11) is 5.53. The van der Waals surface area contributed by atoms with Gasteiger partial charge >= 0.3 is 0 Å². The van der Waals surface area contributed by atoms with Crippen LogP contribution in [0.1, 0.15) is 73.2 Å². The van der Waals surface area contributed by atoms with Crippen LogP contribution in [0.2, 0.25) is 0 Å². The first kappa shape index (κ1) is 25.1. The fourth-order valence-electron chi connectivity index (χ4n) is 8.71. The molecule has 6 nitrogen and oxygen atoms in total. The molecule has 2 aliphatic heterocycles. The third-order valence-corrected chi connectivity index (χ3v) is 10.9. The summed E-state index contributed by atoms with van der Waals surface area (Å²) in [6.45, 7) is 3.41. The highest BCUT2D eigenvalue weighted by molar-refractivity contribution is 5.63. The summed E-state index contributed by atoms with van der Waals surface area (Å²) in [5, 5.41) is 12.3. The van der Waals surface area contributed by atoms with Gasteiger partial charge in [0.1, 0.15) is 17.4 Å². The molecule has 0 bridgehead atoms. The van der Waals surface area contributed by atoms with Crippen LogP contribution in [-0.4, -0.2) is 50.2 Å². The summed E-state index contributed by atoms with van der Waals surface area (Å²) in [5.74, 6) is 11.8. The van der Waals surface area contributed by atoms with Crippen LogP contribution in [0.4, 0.5) is 0 Å². The first-order chi connectivity index (χ1) is 18.9. The smallest absolute Gasteiger partial charge is 0.231 e. The Balaban J connectivity index is 1.21. The fourth-order valence-corrected chi connectivity index (χ4v) is 8.71. The number of ether oxygens (including phenoxy) is 4. The van der Waals surface area contributed by atoms with E-state index >= 15 is 0 Å². The molecule has 2 aromatic carbocycles. The number of fused-ring (bicyclic) bond motifs is 7.